The summed E-state index contributed by atoms with van der Waals surface area (Å²) in [6.45, 7) is 14.0. The zero-order valence-electron chi connectivity index (χ0n) is 13.9. The predicted octanol–water partition coefficient (Wildman–Crippen LogP) is 3.98. The lowest BCUT2D eigenvalue weighted by Crippen LogP contribution is -2.46. The fourth-order valence-electron chi connectivity index (χ4n) is 3.03. The largest absolute Gasteiger partial charge is 0.346 e. The van der Waals surface area contributed by atoms with Crippen LogP contribution in [0.15, 0.2) is 17.8 Å². The molecule has 0 unspecified atom stereocenters. The standard InChI is InChI=1S/C17H33N3/c1-6-8-11-19(5)17(18-7-2)20-12-9-16(10-13-20)14-15(3)4/h7,15-16H,2,6,8-14H2,1,3-5H3. The van der Waals surface area contributed by atoms with Crippen molar-refractivity contribution < 1.29 is 0 Å². The van der Waals surface area contributed by atoms with E-state index in [4.69, 9.17) is 0 Å². The molecule has 1 saturated heterocycles. The van der Waals surface area contributed by atoms with Crippen molar-refractivity contribution in [2.75, 3.05) is 26.7 Å². The van der Waals surface area contributed by atoms with Gasteiger partial charge >= 0.3 is 0 Å². The smallest absolute Gasteiger partial charge is 0.200 e. The Labute approximate surface area is 125 Å². The fourth-order valence-corrected chi connectivity index (χ4v) is 3.03. The lowest BCUT2D eigenvalue weighted by molar-refractivity contribution is 0.220. The van der Waals surface area contributed by atoms with Crippen LogP contribution in [0.25, 0.3) is 0 Å². The summed E-state index contributed by atoms with van der Waals surface area (Å²) in [7, 11) is 2.15. The maximum atomic E-state index is 4.52. The molecule has 0 amide bonds. The van der Waals surface area contributed by atoms with Crippen LogP contribution in [-0.2, 0) is 0 Å². The van der Waals surface area contributed by atoms with Crippen LogP contribution in [0.5, 0.6) is 0 Å². The molecule has 0 saturated carbocycles. The molecule has 0 N–H and O–H groups in total. The summed E-state index contributed by atoms with van der Waals surface area (Å²) in [6.07, 6.45) is 8.09. The highest BCUT2D eigenvalue weighted by Gasteiger charge is 2.23. The number of likely N-dealkylation sites (tertiary alicyclic amines) is 1. The van der Waals surface area contributed by atoms with Crippen molar-refractivity contribution in [1.29, 1.82) is 0 Å². The van der Waals surface area contributed by atoms with Gasteiger partial charge in [0.15, 0.2) is 0 Å². The summed E-state index contributed by atoms with van der Waals surface area (Å²) < 4.78 is 0. The normalized spacial score (nSPS) is 17.6. The molecule has 116 valence electrons. The zero-order valence-corrected chi connectivity index (χ0v) is 13.9. The molecule has 0 spiro atoms. The molecule has 1 fully saturated rings. The molecule has 3 heteroatoms. The van der Waals surface area contributed by atoms with Gasteiger partial charge in [0.25, 0.3) is 0 Å². The lowest BCUT2D eigenvalue weighted by Gasteiger charge is -2.37. The van der Waals surface area contributed by atoms with Crippen LogP contribution < -0.4 is 0 Å². The van der Waals surface area contributed by atoms with E-state index in [1.807, 2.05) is 0 Å². The molecule has 1 aliphatic rings. The maximum absolute atomic E-state index is 4.52. The van der Waals surface area contributed by atoms with Crippen molar-refractivity contribution in [3.8, 4) is 0 Å². The van der Waals surface area contributed by atoms with Crippen molar-refractivity contribution in [3.05, 3.63) is 12.8 Å². The zero-order chi connectivity index (χ0) is 15.0. The summed E-state index contributed by atoms with van der Waals surface area (Å²) >= 11 is 0. The second-order valence-corrected chi connectivity index (χ2v) is 6.45. The minimum Gasteiger partial charge on any atom is -0.346 e. The van der Waals surface area contributed by atoms with E-state index in [2.05, 4.69) is 49.2 Å². The molecule has 0 aromatic carbocycles. The Kier molecular flexibility index (Phi) is 7.71. The number of hydrogen-bond acceptors (Lipinski definition) is 1. The van der Waals surface area contributed by atoms with E-state index in [-0.39, 0.29) is 0 Å². The Bertz CT molecular complexity index is 301. The molecular formula is C17H33N3. The van der Waals surface area contributed by atoms with Crippen molar-refractivity contribution in [2.45, 2.75) is 52.9 Å². The van der Waals surface area contributed by atoms with Gasteiger partial charge in [-0.1, -0.05) is 33.8 Å². The van der Waals surface area contributed by atoms with Gasteiger partial charge in [-0.2, -0.15) is 0 Å². The molecule has 20 heavy (non-hydrogen) atoms. The number of rotatable bonds is 6. The average molecular weight is 279 g/mol. The first-order valence-electron chi connectivity index (χ1n) is 8.23. The molecule has 0 aromatic heterocycles. The van der Waals surface area contributed by atoms with Crippen LogP contribution in [0.2, 0.25) is 0 Å². The minimum atomic E-state index is 0.820. The third-order valence-electron chi connectivity index (χ3n) is 4.10. The first-order chi connectivity index (χ1) is 9.58. The number of unbranched alkanes of at least 4 members (excludes halogenated alkanes) is 1. The van der Waals surface area contributed by atoms with E-state index in [1.165, 1.54) is 32.1 Å². The van der Waals surface area contributed by atoms with Crippen LogP contribution >= 0.6 is 0 Å². The van der Waals surface area contributed by atoms with Gasteiger partial charge in [-0.25, -0.2) is 4.99 Å². The molecule has 3 nitrogen and oxygen atoms in total. The second-order valence-electron chi connectivity index (χ2n) is 6.45. The van der Waals surface area contributed by atoms with E-state index >= 15 is 0 Å². The molecule has 0 aliphatic carbocycles. The van der Waals surface area contributed by atoms with Gasteiger partial charge < -0.3 is 9.80 Å². The summed E-state index contributed by atoms with van der Waals surface area (Å²) in [5.74, 6) is 2.83. The van der Waals surface area contributed by atoms with Gasteiger partial charge in [0.2, 0.25) is 5.96 Å². The quantitative estimate of drug-likeness (QED) is 0.541. The highest BCUT2D eigenvalue weighted by molar-refractivity contribution is 5.80. The molecule has 1 rings (SSSR count). The van der Waals surface area contributed by atoms with Crippen molar-refractivity contribution in [2.24, 2.45) is 16.8 Å². The van der Waals surface area contributed by atoms with Gasteiger partial charge in [0.1, 0.15) is 0 Å². The maximum Gasteiger partial charge on any atom is 0.200 e. The topological polar surface area (TPSA) is 18.8 Å². The molecule has 1 heterocycles. The van der Waals surface area contributed by atoms with Gasteiger partial charge in [-0.05, 0) is 37.5 Å². The molecule has 0 bridgehead atoms. The van der Waals surface area contributed by atoms with Crippen LogP contribution in [0.4, 0.5) is 0 Å². The van der Waals surface area contributed by atoms with Crippen LogP contribution in [0.3, 0.4) is 0 Å². The van der Waals surface area contributed by atoms with E-state index in [9.17, 15) is 0 Å². The summed E-state index contributed by atoms with van der Waals surface area (Å²) in [6, 6.07) is 0. The number of hydrogen-bond donors (Lipinski definition) is 0. The summed E-state index contributed by atoms with van der Waals surface area (Å²) in [5.41, 5.74) is 0. The van der Waals surface area contributed by atoms with Crippen LogP contribution in [0, 0.1) is 11.8 Å². The summed E-state index contributed by atoms with van der Waals surface area (Å²) in [5, 5.41) is 0. The predicted molar refractivity (Wildman–Crippen MR) is 88.9 cm³/mol. The molecule has 0 aromatic rings. The van der Waals surface area contributed by atoms with E-state index < -0.39 is 0 Å². The second kappa shape index (κ2) is 9.04. The van der Waals surface area contributed by atoms with E-state index in [0.717, 1.165) is 37.4 Å². The monoisotopic (exact) mass is 279 g/mol. The van der Waals surface area contributed by atoms with Crippen molar-refractivity contribution >= 4 is 5.96 Å². The third kappa shape index (κ3) is 5.56. The average Bonchev–Trinajstić information content (AvgIpc) is 2.42. The van der Waals surface area contributed by atoms with Gasteiger partial charge in [0, 0.05) is 32.9 Å². The minimum absolute atomic E-state index is 0.820. The third-order valence-corrected chi connectivity index (χ3v) is 4.10. The van der Waals surface area contributed by atoms with Gasteiger partial charge in [-0.15, -0.1) is 0 Å². The van der Waals surface area contributed by atoms with E-state index in [1.54, 1.807) is 6.20 Å². The van der Waals surface area contributed by atoms with Crippen molar-refractivity contribution in [1.82, 2.24) is 9.80 Å². The van der Waals surface area contributed by atoms with Gasteiger partial charge in [0.05, 0.1) is 0 Å². The number of guanidine groups is 1. The number of nitrogens with zero attached hydrogens (tertiary/aromatic N) is 3. The number of piperidine rings is 1. The van der Waals surface area contributed by atoms with Gasteiger partial charge in [-0.3, -0.25) is 0 Å². The Morgan fingerprint density at radius 1 is 1.40 bits per heavy atom. The molecular weight excluding hydrogens is 246 g/mol. The van der Waals surface area contributed by atoms with Crippen LogP contribution in [0.1, 0.15) is 52.9 Å². The lowest BCUT2D eigenvalue weighted by atomic mass is 9.89. The van der Waals surface area contributed by atoms with Crippen LogP contribution in [-0.4, -0.2) is 42.4 Å². The Morgan fingerprint density at radius 2 is 2.05 bits per heavy atom. The fraction of sp³-hybridized carbons (Fsp3) is 0.824. The summed E-state index contributed by atoms with van der Waals surface area (Å²) in [4.78, 5) is 9.24. The highest BCUT2D eigenvalue weighted by Crippen LogP contribution is 2.24. The highest BCUT2D eigenvalue weighted by atomic mass is 15.4. The Hall–Kier alpha value is -0.990. The number of aliphatic imine (C=N–C) groups is 1. The molecule has 0 atom stereocenters. The van der Waals surface area contributed by atoms with Crippen molar-refractivity contribution in [3.63, 3.8) is 0 Å². The molecule has 0 radical (unpaired) electrons. The Balaban J connectivity index is 2.53. The first kappa shape index (κ1) is 17.1. The Morgan fingerprint density at radius 3 is 2.55 bits per heavy atom. The van der Waals surface area contributed by atoms with E-state index in [0.29, 0.717) is 0 Å². The molecule has 1 aliphatic heterocycles. The SMILES string of the molecule is C=CN=C(N(C)CCCC)N1CCC(CC(C)C)CC1. The first-order valence-corrected chi connectivity index (χ1v) is 8.23.